The van der Waals surface area contributed by atoms with E-state index in [1.54, 1.807) is 13.8 Å². The summed E-state index contributed by atoms with van der Waals surface area (Å²) in [6.07, 6.45) is 2.65. The minimum Gasteiger partial charge on any atom is -0.600 e. The van der Waals surface area contributed by atoms with Crippen molar-refractivity contribution < 1.29 is 20.0 Å². The van der Waals surface area contributed by atoms with Crippen LogP contribution < -0.4 is 5.23 Å². The van der Waals surface area contributed by atoms with Gasteiger partial charge in [0.05, 0.1) is 6.10 Å². The summed E-state index contributed by atoms with van der Waals surface area (Å²) in [6, 6.07) is -0.509. The van der Waals surface area contributed by atoms with Crippen molar-refractivity contribution in [3.8, 4) is 0 Å². The van der Waals surface area contributed by atoms with Crippen LogP contribution >= 0.6 is 0 Å². The summed E-state index contributed by atoms with van der Waals surface area (Å²) in [4.78, 5) is 11.9. The molecule has 5 unspecified atom stereocenters. The molecule has 16 heavy (non-hydrogen) atoms. The Balaban J connectivity index is 2.09. The van der Waals surface area contributed by atoms with Gasteiger partial charge < -0.3 is 9.94 Å². The van der Waals surface area contributed by atoms with E-state index in [0.29, 0.717) is 0 Å². The predicted octanol–water partition coefficient (Wildman–Crippen LogP) is 0.125. The molecule has 92 valence electrons. The van der Waals surface area contributed by atoms with Crippen molar-refractivity contribution in [3.05, 3.63) is 5.21 Å². The van der Waals surface area contributed by atoms with E-state index in [-0.39, 0.29) is 23.9 Å². The van der Waals surface area contributed by atoms with E-state index in [0.717, 1.165) is 19.3 Å². The molecule has 0 aliphatic heterocycles. The highest BCUT2D eigenvalue weighted by atomic mass is 16.8. The number of fused-ring (bicyclic) bond motifs is 2. The Labute approximate surface area is 94.9 Å². The number of quaternary nitrogens is 1. The van der Waals surface area contributed by atoms with Gasteiger partial charge in [0.1, 0.15) is 12.0 Å². The van der Waals surface area contributed by atoms with Crippen LogP contribution in [0.3, 0.4) is 0 Å². The van der Waals surface area contributed by atoms with E-state index >= 15 is 0 Å². The molecule has 0 aromatic heterocycles. The largest absolute Gasteiger partial charge is 0.600 e. The van der Waals surface area contributed by atoms with Gasteiger partial charge in [-0.15, -0.1) is 0 Å². The molecule has 5 heteroatoms. The number of hydrogen-bond acceptors (Lipinski definition) is 4. The molecule has 0 aromatic carbocycles. The number of rotatable bonds is 3. The fourth-order valence-corrected chi connectivity index (χ4v) is 3.30. The SMILES string of the molecule is CC(C)OC(=O)C1C2CCC(C2)C1[NH+]([O-])O. The number of carbonyl (C=O) groups excluding carboxylic acids is 1. The average Bonchev–Trinajstić information content (AvgIpc) is 2.74. The van der Waals surface area contributed by atoms with Crippen LogP contribution in [0.15, 0.2) is 0 Å². The van der Waals surface area contributed by atoms with Gasteiger partial charge in [-0.1, -0.05) is 0 Å². The van der Waals surface area contributed by atoms with Crippen molar-refractivity contribution in [3.63, 3.8) is 0 Å². The monoisotopic (exact) mass is 229 g/mol. The lowest BCUT2D eigenvalue weighted by Crippen LogP contribution is -3.10. The molecule has 5 nitrogen and oxygen atoms in total. The van der Waals surface area contributed by atoms with Gasteiger partial charge in [-0.3, -0.25) is 4.79 Å². The zero-order valence-electron chi connectivity index (χ0n) is 9.68. The van der Waals surface area contributed by atoms with Crippen molar-refractivity contribution in [2.75, 3.05) is 0 Å². The number of hydrogen-bond donors (Lipinski definition) is 2. The number of esters is 1. The van der Waals surface area contributed by atoms with Crippen LogP contribution in [0.25, 0.3) is 0 Å². The second-order valence-corrected chi connectivity index (χ2v) is 5.21. The van der Waals surface area contributed by atoms with E-state index in [1.165, 1.54) is 0 Å². The highest BCUT2D eigenvalue weighted by Gasteiger charge is 2.55. The van der Waals surface area contributed by atoms with Crippen LogP contribution in [-0.4, -0.2) is 23.3 Å². The summed E-state index contributed by atoms with van der Waals surface area (Å²) in [6.45, 7) is 3.59. The van der Waals surface area contributed by atoms with Gasteiger partial charge in [-0.05, 0) is 39.0 Å². The van der Waals surface area contributed by atoms with Crippen molar-refractivity contribution >= 4 is 5.97 Å². The van der Waals surface area contributed by atoms with Gasteiger partial charge in [-0.2, -0.15) is 0 Å². The Bertz CT molecular complexity index is 279. The van der Waals surface area contributed by atoms with Crippen molar-refractivity contribution in [2.24, 2.45) is 17.8 Å². The van der Waals surface area contributed by atoms with Crippen molar-refractivity contribution in [2.45, 2.75) is 45.3 Å². The van der Waals surface area contributed by atoms with Crippen LogP contribution in [0, 0.1) is 23.0 Å². The third kappa shape index (κ3) is 1.95. The van der Waals surface area contributed by atoms with Crippen LogP contribution in [0.5, 0.6) is 0 Å². The first-order valence-corrected chi connectivity index (χ1v) is 5.94. The summed E-state index contributed by atoms with van der Waals surface area (Å²) in [5.41, 5.74) is 0. The molecular formula is C11H19NO4. The Hall–Kier alpha value is -0.650. The number of ether oxygens (including phenoxy) is 1. The standard InChI is InChI=1S/C11H19NO4/c1-6(2)16-11(13)9-7-3-4-8(5-7)10(9)12(14)15/h6-10,12,14H,3-5H2,1-2H3. The minimum atomic E-state index is -0.835. The van der Waals surface area contributed by atoms with Crippen LogP contribution in [-0.2, 0) is 9.53 Å². The molecule has 2 aliphatic rings. The number of nitrogens with one attached hydrogen (secondary N) is 1. The first-order valence-electron chi connectivity index (χ1n) is 5.94. The van der Waals surface area contributed by atoms with Crippen LogP contribution in [0.2, 0.25) is 0 Å². The van der Waals surface area contributed by atoms with Crippen LogP contribution in [0.1, 0.15) is 33.1 Å². The summed E-state index contributed by atoms with van der Waals surface area (Å²) in [5.74, 6) is -0.294. The predicted molar refractivity (Wildman–Crippen MR) is 55.5 cm³/mol. The third-order valence-electron chi connectivity index (χ3n) is 3.83. The molecule has 2 aliphatic carbocycles. The minimum absolute atomic E-state index is 0.166. The maximum Gasteiger partial charge on any atom is 0.315 e. The van der Waals surface area contributed by atoms with Gasteiger partial charge in [0.15, 0.2) is 0 Å². The molecule has 2 N–H and O–H groups in total. The third-order valence-corrected chi connectivity index (χ3v) is 3.83. The molecule has 0 amide bonds. The molecule has 0 radical (unpaired) electrons. The van der Waals surface area contributed by atoms with Gasteiger partial charge in [0, 0.05) is 5.92 Å². The summed E-state index contributed by atoms with van der Waals surface area (Å²) < 4.78 is 5.16. The normalized spacial score (nSPS) is 39.1. The lowest BCUT2D eigenvalue weighted by molar-refractivity contribution is -1.07. The second-order valence-electron chi connectivity index (χ2n) is 5.21. The van der Waals surface area contributed by atoms with E-state index in [4.69, 9.17) is 4.74 Å². The Morgan fingerprint density at radius 2 is 2.06 bits per heavy atom. The topological polar surface area (TPSA) is 74.0 Å². The van der Waals surface area contributed by atoms with Crippen molar-refractivity contribution in [1.82, 2.24) is 0 Å². The van der Waals surface area contributed by atoms with Gasteiger partial charge in [-0.25, -0.2) is 10.4 Å². The average molecular weight is 229 g/mol. The highest BCUT2D eigenvalue weighted by Crippen LogP contribution is 2.47. The van der Waals surface area contributed by atoms with Gasteiger partial charge in [0.25, 0.3) is 0 Å². The maximum atomic E-state index is 11.9. The van der Waals surface area contributed by atoms with Crippen molar-refractivity contribution in [1.29, 1.82) is 0 Å². The highest BCUT2D eigenvalue weighted by molar-refractivity contribution is 5.74. The molecule has 0 aromatic rings. The summed E-state index contributed by atoms with van der Waals surface area (Å²) >= 11 is 0. The first kappa shape index (κ1) is 11.8. The smallest absolute Gasteiger partial charge is 0.315 e. The Kier molecular flexibility index (Phi) is 3.19. The fraction of sp³-hybridized carbons (Fsp3) is 0.909. The second kappa shape index (κ2) is 4.31. The quantitative estimate of drug-likeness (QED) is 0.532. The molecule has 5 atom stereocenters. The van der Waals surface area contributed by atoms with Gasteiger partial charge in [0.2, 0.25) is 0 Å². The van der Waals surface area contributed by atoms with E-state index in [2.05, 4.69) is 0 Å². The fourth-order valence-electron chi connectivity index (χ4n) is 3.30. The zero-order chi connectivity index (χ0) is 11.9. The molecule has 2 saturated carbocycles. The zero-order valence-corrected chi connectivity index (χ0v) is 9.68. The Morgan fingerprint density at radius 1 is 1.44 bits per heavy atom. The first-order chi connectivity index (χ1) is 7.50. The molecule has 2 rings (SSSR count). The molecule has 0 saturated heterocycles. The van der Waals surface area contributed by atoms with Crippen LogP contribution in [0.4, 0.5) is 0 Å². The maximum absolute atomic E-state index is 11.9. The van der Waals surface area contributed by atoms with Gasteiger partial charge >= 0.3 is 5.97 Å². The van der Waals surface area contributed by atoms with E-state index in [1.807, 2.05) is 0 Å². The number of carbonyl (C=O) groups is 1. The Morgan fingerprint density at radius 3 is 2.62 bits per heavy atom. The molecule has 0 heterocycles. The van der Waals surface area contributed by atoms with E-state index in [9.17, 15) is 15.2 Å². The molecular weight excluding hydrogens is 210 g/mol. The lowest BCUT2D eigenvalue weighted by Gasteiger charge is -2.33. The molecule has 2 bridgehead atoms. The summed E-state index contributed by atoms with van der Waals surface area (Å²) in [7, 11) is 0. The lowest BCUT2D eigenvalue weighted by atomic mass is 9.85. The molecule has 0 spiro atoms. The number of hydroxylamine groups is 2. The summed E-state index contributed by atoms with van der Waals surface area (Å²) in [5, 5.41) is 19.5. The molecule has 2 fully saturated rings. The van der Waals surface area contributed by atoms with E-state index < -0.39 is 17.2 Å².